The second-order valence-corrected chi connectivity index (χ2v) is 4.29. The normalized spacial score (nSPS) is 10.7. The van der Waals surface area contributed by atoms with Crippen molar-refractivity contribution >= 4 is 11.6 Å². The maximum Gasteiger partial charge on any atom is 0.207 e. The Balaban J connectivity index is 2.13. The molecule has 1 aromatic heterocycles. The Morgan fingerprint density at radius 1 is 1.25 bits per heavy atom. The summed E-state index contributed by atoms with van der Waals surface area (Å²) in [6, 6.07) is 10.1. The summed E-state index contributed by atoms with van der Waals surface area (Å²) in [5.74, 6) is 1.52. The molecule has 84 valence electrons. The molecule has 0 unspecified atom stereocenters. The highest BCUT2D eigenvalue weighted by Crippen LogP contribution is 2.15. The standard InChI is InChI=1S/C13H17N3/c1-11(2)10-16-9-8-14-13(16)15-12-6-4-3-5-7-12/h3-9,11H,10H2,1-2H3,(H,14,15). The second-order valence-electron chi connectivity index (χ2n) is 4.29. The highest BCUT2D eigenvalue weighted by molar-refractivity contribution is 5.52. The van der Waals surface area contributed by atoms with Gasteiger partial charge in [-0.05, 0) is 18.1 Å². The molecule has 0 spiro atoms. The van der Waals surface area contributed by atoms with Gasteiger partial charge in [-0.1, -0.05) is 32.0 Å². The third kappa shape index (κ3) is 2.63. The van der Waals surface area contributed by atoms with E-state index in [0.717, 1.165) is 18.2 Å². The van der Waals surface area contributed by atoms with Crippen LogP contribution in [0.5, 0.6) is 0 Å². The molecule has 0 saturated heterocycles. The summed E-state index contributed by atoms with van der Waals surface area (Å²) in [7, 11) is 0. The zero-order valence-electron chi connectivity index (χ0n) is 9.72. The van der Waals surface area contributed by atoms with Gasteiger partial charge in [-0.3, -0.25) is 0 Å². The molecule has 0 aliphatic heterocycles. The van der Waals surface area contributed by atoms with Crippen LogP contribution in [0.2, 0.25) is 0 Å². The van der Waals surface area contributed by atoms with Gasteiger partial charge in [0.1, 0.15) is 0 Å². The van der Waals surface area contributed by atoms with E-state index in [2.05, 4.69) is 28.7 Å². The molecular weight excluding hydrogens is 198 g/mol. The molecule has 0 radical (unpaired) electrons. The molecule has 0 aliphatic rings. The van der Waals surface area contributed by atoms with E-state index in [0.29, 0.717) is 5.92 Å². The molecule has 0 bridgehead atoms. The third-order valence-corrected chi connectivity index (χ3v) is 2.31. The molecule has 3 heteroatoms. The molecule has 0 saturated carbocycles. The fourth-order valence-corrected chi connectivity index (χ4v) is 1.62. The number of rotatable bonds is 4. The fraction of sp³-hybridized carbons (Fsp3) is 0.308. The molecule has 0 aliphatic carbocycles. The number of nitrogens with one attached hydrogen (secondary N) is 1. The van der Waals surface area contributed by atoms with E-state index in [1.807, 2.05) is 42.7 Å². The van der Waals surface area contributed by atoms with Crippen LogP contribution in [0, 0.1) is 5.92 Å². The van der Waals surface area contributed by atoms with E-state index in [1.54, 1.807) is 0 Å². The zero-order valence-corrected chi connectivity index (χ0v) is 9.72. The number of hydrogen-bond acceptors (Lipinski definition) is 2. The predicted octanol–water partition coefficient (Wildman–Crippen LogP) is 3.28. The number of para-hydroxylation sites is 1. The average Bonchev–Trinajstić information content (AvgIpc) is 2.66. The van der Waals surface area contributed by atoms with Gasteiger partial charge in [0.25, 0.3) is 0 Å². The first-order chi connectivity index (χ1) is 7.75. The first kappa shape index (κ1) is 10.7. The van der Waals surface area contributed by atoms with Crippen molar-refractivity contribution in [2.75, 3.05) is 5.32 Å². The molecule has 1 heterocycles. The summed E-state index contributed by atoms with van der Waals surface area (Å²) >= 11 is 0. The second kappa shape index (κ2) is 4.84. The fourth-order valence-electron chi connectivity index (χ4n) is 1.62. The van der Waals surface area contributed by atoms with Crippen molar-refractivity contribution in [2.45, 2.75) is 20.4 Å². The molecule has 2 rings (SSSR count). The van der Waals surface area contributed by atoms with Crippen LogP contribution in [0.25, 0.3) is 0 Å². The lowest BCUT2D eigenvalue weighted by Crippen LogP contribution is -2.07. The van der Waals surface area contributed by atoms with E-state index in [1.165, 1.54) is 0 Å². The van der Waals surface area contributed by atoms with Crippen molar-refractivity contribution < 1.29 is 0 Å². The van der Waals surface area contributed by atoms with Gasteiger partial charge in [0.2, 0.25) is 5.95 Å². The van der Waals surface area contributed by atoms with Gasteiger partial charge in [0.05, 0.1) is 0 Å². The molecule has 0 atom stereocenters. The molecule has 0 fully saturated rings. The molecule has 1 aromatic carbocycles. The molecule has 3 nitrogen and oxygen atoms in total. The van der Waals surface area contributed by atoms with E-state index < -0.39 is 0 Å². The lowest BCUT2D eigenvalue weighted by molar-refractivity contribution is 0.527. The number of nitrogens with zero attached hydrogens (tertiary/aromatic N) is 2. The van der Waals surface area contributed by atoms with Crippen LogP contribution >= 0.6 is 0 Å². The molecular formula is C13H17N3. The van der Waals surface area contributed by atoms with Crippen molar-refractivity contribution in [3.8, 4) is 0 Å². The Morgan fingerprint density at radius 2 is 2.00 bits per heavy atom. The number of imidazole rings is 1. The summed E-state index contributed by atoms with van der Waals surface area (Å²) in [4.78, 5) is 4.32. The Morgan fingerprint density at radius 3 is 2.69 bits per heavy atom. The van der Waals surface area contributed by atoms with E-state index in [9.17, 15) is 0 Å². The Labute approximate surface area is 96.1 Å². The maximum absolute atomic E-state index is 4.32. The topological polar surface area (TPSA) is 29.9 Å². The SMILES string of the molecule is CC(C)Cn1ccnc1Nc1ccccc1. The maximum atomic E-state index is 4.32. The van der Waals surface area contributed by atoms with E-state index in [-0.39, 0.29) is 0 Å². The van der Waals surface area contributed by atoms with Crippen LogP contribution in [0.15, 0.2) is 42.7 Å². The minimum atomic E-state index is 0.616. The number of anilines is 2. The molecule has 2 aromatic rings. The number of aromatic nitrogens is 2. The molecule has 1 N–H and O–H groups in total. The van der Waals surface area contributed by atoms with Gasteiger partial charge in [0.15, 0.2) is 0 Å². The van der Waals surface area contributed by atoms with Crippen molar-refractivity contribution in [3.63, 3.8) is 0 Å². The van der Waals surface area contributed by atoms with E-state index >= 15 is 0 Å². The van der Waals surface area contributed by atoms with E-state index in [4.69, 9.17) is 0 Å². The quantitative estimate of drug-likeness (QED) is 0.848. The first-order valence-corrected chi connectivity index (χ1v) is 5.59. The summed E-state index contributed by atoms with van der Waals surface area (Å²) in [6.07, 6.45) is 3.83. The van der Waals surface area contributed by atoms with Crippen LogP contribution < -0.4 is 5.32 Å². The van der Waals surface area contributed by atoms with Gasteiger partial charge in [-0.15, -0.1) is 0 Å². The van der Waals surface area contributed by atoms with Gasteiger partial charge in [-0.2, -0.15) is 0 Å². The Kier molecular flexibility index (Phi) is 3.25. The van der Waals surface area contributed by atoms with Crippen LogP contribution in [-0.4, -0.2) is 9.55 Å². The van der Waals surface area contributed by atoms with Crippen molar-refractivity contribution in [1.82, 2.24) is 9.55 Å². The van der Waals surface area contributed by atoms with Gasteiger partial charge >= 0.3 is 0 Å². The molecule has 16 heavy (non-hydrogen) atoms. The summed E-state index contributed by atoms with van der Waals surface area (Å²) in [6.45, 7) is 5.38. The smallest absolute Gasteiger partial charge is 0.207 e. The van der Waals surface area contributed by atoms with Crippen LogP contribution in [-0.2, 0) is 6.54 Å². The largest absolute Gasteiger partial charge is 0.326 e. The minimum absolute atomic E-state index is 0.616. The molecule has 0 amide bonds. The average molecular weight is 215 g/mol. The summed E-state index contributed by atoms with van der Waals surface area (Å²) < 4.78 is 2.14. The lowest BCUT2D eigenvalue weighted by Gasteiger charge is -2.11. The Bertz CT molecular complexity index is 431. The van der Waals surface area contributed by atoms with Gasteiger partial charge in [0, 0.05) is 24.6 Å². The monoisotopic (exact) mass is 215 g/mol. The van der Waals surface area contributed by atoms with Gasteiger partial charge < -0.3 is 9.88 Å². The first-order valence-electron chi connectivity index (χ1n) is 5.59. The highest BCUT2D eigenvalue weighted by Gasteiger charge is 2.04. The Hall–Kier alpha value is -1.77. The van der Waals surface area contributed by atoms with Gasteiger partial charge in [-0.25, -0.2) is 4.98 Å². The third-order valence-electron chi connectivity index (χ3n) is 2.31. The number of hydrogen-bond donors (Lipinski definition) is 1. The van der Waals surface area contributed by atoms with Crippen LogP contribution in [0.3, 0.4) is 0 Å². The zero-order chi connectivity index (χ0) is 11.4. The summed E-state index contributed by atoms with van der Waals surface area (Å²) in [5, 5.41) is 3.31. The van der Waals surface area contributed by atoms with Crippen molar-refractivity contribution in [1.29, 1.82) is 0 Å². The predicted molar refractivity (Wildman–Crippen MR) is 66.8 cm³/mol. The highest BCUT2D eigenvalue weighted by atomic mass is 15.2. The van der Waals surface area contributed by atoms with Crippen molar-refractivity contribution in [3.05, 3.63) is 42.7 Å². The summed E-state index contributed by atoms with van der Waals surface area (Å²) in [5.41, 5.74) is 1.07. The number of benzene rings is 1. The van der Waals surface area contributed by atoms with Crippen molar-refractivity contribution in [2.24, 2.45) is 5.92 Å². The van der Waals surface area contributed by atoms with Crippen LogP contribution in [0.1, 0.15) is 13.8 Å². The van der Waals surface area contributed by atoms with Crippen LogP contribution in [0.4, 0.5) is 11.6 Å². The lowest BCUT2D eigenvalue weighted by atomic mass is 10.2. The minimum Gasteiger partial charge on any atom is -0.326 e.